The van der Waals surface area contributed by atoms with E-state index in [9.17, 15) is 0 Å². The largest absolute Gasteiger partial charge is 0.490 e. The Morgan fingerprint density at radius 1 is 1.15 bits per heavy atom. The summed E-state index contributed by atoms with van der Waals surface area (Å²) in [6.07, 6.45) is 9.87. The molecule has 3 nitrogen and oxygen atoms in total. The van der Waals surface area contributed by atoms with E-state index in [1.54, 1.807) is 0 Å². The molecule has 20 heavy (non-hydrogen) atoms. The van der Waals surface area contributed by atoms with Crippen molar-refractivity contribution in [3.63, 3.8) is 0 Å². The van der Waals surface area contributed by atoms with Gasteiger partial charge in [0.25, 0.3) is 0 Å². The van der Waals surface area contributed by atoms with Crippen LogP contribution in [0.25, 0.3) is 0 Å². The van der Waals surface area contributed by atoms with Crippen LogP contribution in [0.15, 0.2) is 18.2 Å². The van der Waals surface area contributed by atoms with Gasteiger partial charge < -0.3 is 15.2 Å². The quantitative estimate of drug-likeness (QED) is 0.893. The van der Waals surface area contributed by atoms with Gasteiger partial charge in [-0.15, -0.1) is 0 Å². The van der Waals surface area contributed by atoms with Crippen molar-refractivity contribution in [3.8, 4) is 11.5 Å². The highest BCUT2D eigenvalue weighted by Crippen LogP contribution is 2.48. The lowest BCUT2D eigenvalue weighted by atomic mass is 9.73. The second-order valence-electron chi connectivity index (χ2n) is 6.67. The lowest BCUT2D eigenvalue weighted by molar-refractivity contribution is -0.0330. The van der Waals surface area contributed by atoms with Crippen LogP contribution in [0.3, 0.4) is 0 Å². The molecule has 3 heteroatoms. The van der Waals surface area contributed by atoms with Crippen LogP contribution in [-0.4, -0.2) is 11.7 Å². The number of ether oxygens (including phenoxy) is 2. The van der Waals surface area contributed by atoms with Crippen molar-refractivity contribution in [2.45, 2.75) is 69.1 Å². The summed E-state index contributed by atoms with van der Waals surface area (Å²) in [6.45, 7) is 0. The molecule has 1 heterocycles. The van der Waals surface area contributed by atoms with Gasteiger partial charge in [-0.1, -0.05) is 0 Å². The van der Waals surface area contributed by atoms with E-state index >= 15 is 0 Å². The molecule has 1 atom stereocenters. The van der Waals surface area contributed by atoms with Gasteiger partial charge in [-0.25, -0.2) is 0 Å². The molecule has 2 fully saturated rings. The van der Waals surface area contributed by atoms with Crippen molar-refractivity contribution >= 4 is 0 Å². The Kier molecular flexibility index (Phi) is 2.92. The Hall–Kier alpha value is -1.22. The summed E-state index contributed by atoms with van der Waals surface area (Å²) in [6, 6.07) is 6.29. The molecular weight excluding hydrogens is 250 g/mol. The topological polar surface area (TPSA) is 44.5 Å². The second kappa shape index (κ2) is 4.66. The molecule has 0 bridgehead atoms. The van der Waals surface area contributed by atoms with E-state index in [1.807, 2.05) is 6.07 Å². The fourth-order valence-corrected chi connectivity index (χ4v) is 3.84. The van der Waals surface area contributed by atoms with E-state index in [4.69, 9.17) is 15.2 Å². The highest BCUT2D eigenvalue weighted by atomic mass is 16.5. The zero-order valence-corrected chi connectivity index (χ0v) is 11.9. The van der Waals surface area contributed by atoms with Crippen LogP contribution in [0.2, 0.25) is 0 Å². The number of nitrogens with two attached hydrogens (primary N) is 1. The Morgan fingerprint density at radius 2 is 1.95 bits per heavy atom. The number of hydrogen-bond donors (Lipinski definition) is 1. The maximum Gasteiger partial charge on any atom is 0.125 e. The molecule has 1 spiro atoms. The van der Waals surface area contributed by atoms with E-state index in [2.05, 4.69) is 12.1 Å². The average molecular weight is 273 g/mol. The first-order valence-electron chi connectivity index (χ1n) is 7.99. The molecule has 0 radical (unpaired) electrons. The van der Waals surface area contributed by atoms with Crippen molar-refractivity contribution in [1.82, 2.24) is 0 Å². The van der Waals surface area contributed by atoms with Gasteiger partial charge >= 0.3 is 0 Å². The maximum atomic E-state index is 6.37. The number of rotatable bonds is 2. The van der Waals surface area contributed by atoms with E-state index in [0.717, 1.165) is 36.3 Å². The summed E-state index contributed by atoms with van der Waals surface area (Å²) < 4.78 is 12.3. The van der Waals surface area contributed by atoms with Crippen LogP contribution in [0, 0.1) is 0 Å². The first-order chi connectivity index (χ1) is 9.74. The predicted molar refractivity (Wildman–Crippen MR) is 78.1 cm³/mol. The summed E-state index contributed by atoms with van der Waals surface area (Å²) in [4.78, 5) is 0. The Morgan fingerprint density at radius 3 is 2.65 bits per heavy atom. The zero-order valence-electron chi connectivity index (χ0n) is 11.9. The van der Waals surface area contributed by atoms with Crippen molar-refractivity contribution < 1.29 is 9.47 Å². The molecule has 2 saturated carbocycles. The molecule has 108 valence electrons. The summed E-state index contributed by atoms with van der Waals surface area (Å²) >= 11 is 0. The molecule has 3 aliphatic rings. The Bertz CT molecular complexity index is 504. The standard InChI is InChI=1S/C17H23NO2/c18-15-11-17(8-3-9-17)20-16-7-6-13(10-14(15)16)19-12-4-1-2-5-12/h6-7,10,12,15H,1-5,8-9,11,18H2. The molecule has 1 aromatic carbocycles. The van der Waals surface area contributed by atoms with Crippen LogP contribution < -0.4 is 15.2 Å². The van der Waals surface area contributed by atoms with Crippen LogP contribution >= 0.6 is 0 Å². The molecular formula is C17H23NO2. The van der Waals surface area contributed by atoms with Crippen LogP contribution in [0.1, 0.15) is 63.0 Å². The summed E-state index contributed by atoms with van der Waals surface area (Å²) in [7, 11) is 0. The van der Waals surface area contributed by atoms with Gasteiger partial charge in [-0.05, 0) is 63.1 Å². The van der Waals surface area contributed by atoms with Crippen LogP contribution in [0.4, 0.5) is 0 Å². The van der Waals surface area contributed by atoms with Crippen LogP contribution in [0.5, 0.6) is 11.5 Å². The number of benzene rings is 1. The number of hydrogen-bond acceptors (Lipinski definition) is 3. The van der Waals surface area contributed by atoms with Gasteiger partial charge in [0.1, 0.15) is 17.1 Å². The minimum absolute atomic E-state index is 0.0419. The first-order valence-corrected chi connectivity index (χ1v) is 7.99. The average Bonchev–Trinajstić information content (AvgIpc) is 2.90. The van der Waals surface area contributed by atoms with Gasteiger partial charge in [0, 0.05) is 18.0 Å². The van der Waals surface area contributed by atoms with Gasteiger partial charge in [-0.3, -0.25) is 0 Å². The number of fused-ring (bicyclic) bond motifs is 1. The van der Waals surface area contributed by atoms with Crippen molar-refractivity contribution in [2.24, 2.45) is 5.73 Å². The molecule has 1 unspecified atom stereocenters. The van der Waals surface area contributed by atoms with Gasteiger partial charge in [0.2, 0.25) is 0 Å². The van der Waals surface area contributed by atoms with Crippen LogP contribution in [-0.2, 0) is 0 Å². The predicted octanol–water partition coefficient (Wildman–Crippen LogP) is 3.71. The van der Waals surface area contributed by atoms with Crippen molar-refractivity contribution in [1.29, 1.82) is 0 Å². The third-order valence-corrected chi connectivity index (χ3v) is 5.17. The van der Waals surface area contributed by atoms with E-state index in [1.165, 1.54) is 32.1 Å². The SMILES string of the molecule is NC1CC2(CCC2)Oc2ccc(OC3CCCC3)cc21. The Labute approximate surface area is 120 Å². The monoisotopic (exact) mass is 273 g/mol. The summed E-state index contributed by atoms with van der Waals surface area (Å²) in [5, 5.41) is 0. The highest BCUT2D eigenvalue weighted by molar-refractivity contribution is 5.44. The molecule has 0 aromatic heterocycles. The van der Waals surface area contributed by atoms with Gasteiger partial charge in [0.05, 0.1) is 6.10 Å². The second-order valence-corrected chi connectivity index (χ2v) is 6.67. The van der Waals surface area contributed by atoms with Gasteiger partial charge in [0.15, 0.2) is 0 Å². The van der Waals surface area contributed by atoms with E-state index in [0.29, 0.717) is 6.10 Å². The van der Waals surface area contributed by atoms with E-state index in [-0.39, 0.29) is 11.6 Å². The zero-order chi connectivity index (χ0) is 13.6. The highest BCUT2D eigenvalue weighted by Gasteiger charge is 2.44. The van der Waals surface area contributed by atoms with Crippen molar-refractivity contribution in [2.75, 3.05) is 0 Å². The normalized spacial score (nSPS) is 27.8. The minimum Gasteiger partial charge on any atom is -0.490 e. The molecule has 1 aliphatic heterocycles. The third-order valence-electron chi connectivity index (χ3n) is 5.17. The maximum absolute atomic E-state index is 6.37. The first kappa shape index (κ1) is 12.5. The molecule has 4 rings (SSSR count). The molecule has 2 N–H and O–H groups in total. The smallest absolute Gasteiger partial charge is 0.125 e. The fourth-order valence-electron chi connectivity index (χ4n) is 3.84. The lowest BCUT2D eigenvalue weighted by Crippen LogP contribution is -2.48. The van der Waals surface area contributed by atoms with E-state index < -0.39 is 0 Å². The minimum atomic E-state index is 0.0419. The van der Waals surface area contributed by atoms with Gasteiger partial charge in [-0.2, -0.15) is 0 Å². The third kappa shape index (κ3) is 2.08. The molecule has 0 saturated heterocycles. The van der Waals surface area contributed by atoms with Crippen molar-refractivity contribution in [3.05, 3.63) is 23.8 Å². The molecule has 1 aromatic rings. The lowest BCUT2D eigenvalue weighted by Gasteiger charge is -2.47. The summed E-state index contributed by atoms with van der Waals surface area (Å²) in [5.74, 6) is 1.93. The fraction of sp³-hybridized carbons (Fsp3) is 0.647. The summed E-state index contributed by atoms with van der Waals surface area (Å²) in [5.41, 5.74) is 7.54. The molecule has 2 aliphatic carbocycles. The Balaban J connectivity index is 1.56. The molecule has 0 amide bonds.